The molecule has 4 heteroatoms. The molecule has 0 saturated carbocycles. The molecule has 4 nitrogen and oxygen atoms in total. The highest BCUT2D eigenvalue weighted by Gasteiger charge is 2.13. The topological polar surface area (TPSA) is 70.9 Å². The number of terminal acetylenes is 1. The van der Waals surface area contributed by atoms with E-state index < -0.39 is 0 Å². The number of benzene rings is 1. The molecule has 0 spiro atoms. The van der Waals surface area contributed by atoms with Gasteiger partial charge in [0.05, 0.1) is 11.6 Å². The van der Waals surface area contributed by atoms with Crippen LogP contribution in [0.5, 0.6) is 0 Å². The number of hydrogen-bond donors (Lipinski definition) is 3. The van der Waals surface area contributed by atoms with Crippen LogP contribution in [0.1, 0.15) is 17.3 Å². The van der Waals surface area contributed by atoms with Crippen LogP contribution in [0.2, 0.25) is 0 Å². The number of nitrogen functional groups attached to an aromatic ring is 1. The van der Waals surface area contributed by atoms with Gasteiger partial charge in [0.2, 0.25) is 0 Å². The fourth-order valence-corrected chi connectivity index (χ4v) is 1.64. The van der Waals surface area contributed by atoms with Gasteiger partial charge in [0.25, 0.3) is 5.91 Å². The van der Waals surface area contributed by atoms with Gasteiger partial charge >= 0.3 is 0 Å². The van der Waals surface area contributed by atoms with Crippen molar-refractivity contribution in [1.29, 1.82) is 0 Å². The monoisotopic (exact) mass is 227 g/mol. The zero-order valence-corrected chi connectivity index (χ0v) is 9.45. The molecule has 0 radical (unpaired) electrons. The number of rotatable bonds is 2. The Hall–Kier alpha value is -2.41. The average Bonchev–Trinajstić information content (AvgIpc) is 2.71. The van der Waals surface area contributed by atoms with Crippen molar-refractivity contribution in [3.8, 4) is 12.3 Å². The minimum absolute atomic E-state index is 0.202. The number of amides is 1. The van der Waals surface area contributed by atoms with Gasteiger partial charge in [-0.2, -0.15) is 0 Å². The first-order chi connectivity index (χ1) is 8.11. The lowest BCUT2D eigenvalue weighted by atomic mass is 10.1. The summed E-state index contributed by atoms with van der Waals surface area (Å²) in [7, 11) is 0. The summed E-state index contributed by atoms with van der Waals surface area (Å²) in [5, 5.41) is 3.51. The molecule has 1 atom stereocenters. The first-order valence-corrected chi connectivity index (χ1v) is 5.25. The predicted octanol–water partition coefficient (Wildman–Crippen LogP) is 1.50. The lowest BCUT2D eigenvalue weighted by Gasteiger charge is -2.06. The summed E-state index contributed by atoms with van der Waals surface area (Å²) in [4.78, 5) is 15.0. The summed E-state index contributed by atoms with van der Waals surface area (Å²) in [5.74, 6) is 2.25. The average molecular weight is 227 g/mol. The van der Waals surface area contributed by atoms with Crippen molar-refractivity contribution in [1.82, 2.24) is 10.3 Å². The molecule has 0 fully saturated rings. The van der Waals surface area contributed by atoms with Crippen molar-refractivity contribution in [3.05, 3.63) is 30.0 Å². The Morgan fingerprint density at radius 2 is 2.35 bits per heavy atom. The molecule has 0 aliphatic heterocycles. The lowest BCUT2D eigenvalue weighted by Crippen LogP contribution is -2.31. The van der Waals surface area contributed by atoms with Gasteiger partial charge in [-0.25, -0.2) is 0 Å². The van der Waals surface area contributed by atoms with E-state index in [1.54, 1.807) is 25.3 Å². The Labute approximate surface area is 99.2 Å². The maximum absolute atomic E-state index is 11.9. The van der Waals surface area contributed by atoms with E-state index in [1.165, 1.54) is 0 Å². The number of H-pyrrole nitrogens is 1. The van der Waals surface area contributed by atoms with E-state index in [2.05, 4.69) is 16.2 Å². The number of nitrogens with one attached hydrogen (secondary N) is 2. The third-order valence-corrected chi connectivity index (χ3v) is 2.55. The van der Waals surface area contributed by atoms with Crippen LogP contribution in [0.25, 0.3) is 10.9 Å². The van der Waals surface area contributed by atoms with Gasteiger partial charge in [-0.3, -0.25) is 4.79 Å². The van der Waals surface area contributed by atoms with Crippen LogP contribution in [0, 0.1) is 12.3 Å². The molecule has 0 aliphatic carbocycles. The van der Waals surface area contributed by atoms with Gasteiger partial charge in [0.1, 0.15) is 0 Å². The zero-order valence-electron chi connectivity index (χ0n) is 9.45. The van der Waals surface area contributed by atoms with Crippen molar-refractivity contribution in [2.75, 3.05) is 5.73 Å². The molecular formula is C13H13N3O. The summed E-state index contributed by atoms with van der Waals surface area (Å²) in [6.07, 6.45) is 6.87. The fourth-order valence-electron chi connectivity index (χ4n) is 1.64. The second kappa shape index (κ2) is 4.22. The summed E-state index contributed by atoms with van der Waals surface area (Å²) >= 11 is 0. The summed E-state index contributed by atoms with van der Waals surface area (Å²) in [6, 6.07) is 5.09. The number of carbonyl (C=O) groups excluding carboxylic acids is 1. The second-order valence-electron chi connectivity index (χ2n) is 3.87. The number of aromatic amines is 1. The molecule has 2 rings (SSSR count). The number of hydrogen-bond acceptors (Lipinski definition) is 2. The molecule has 0 bridgehead atoms. The SMILES string of the molecule is C#CC(C)NC(=O)c1c[nH]c2ccc(N)cc12. The summed E-state index contributed by atoms with van der Waals surface area (Å²) in [6.45, 7) is 1.75. The Bertz CT molecular complexity index is 607. The van der Waals surface area contributed by atoms with Crippen LogP contribution < -0.4 is 11.1 Å². The van der Waals surface area contributed by atoms with Crippen LogP contribution in [0.4, 0.5) is 5.69 Å². The number of nitrogens with two attached hydrogens (primary N) is 1. The van der Waals surface area contributed by atoms with E-state index in [0.29, 0.717) is 11.3 Å². The van der Waals surface area contributed by atoms with Crippen molar-refractivity contribution < 1.29 is 4.79 Å². The van der Waals surface area contributed by atoms with Crippen LogP contribution in [-0.4, -0.2) is 16.9 Å². The van der Waals surface area contributed by atoms with Gasteiger partial charge in [-0.15, -0.1) is 6.42 Å². The number of aromatic nitrogens is 1. The highest BCUT2D eigenvalue weighted by Crippen LogP contribution is 2.20. The Kier molecular flexibility index (Phi) is 2.75. The molecule has 1 unspecified atom stereocenters. The predicted molar refractivity (Wildman–Crippen MR) is 68.5 cm³/mol. The summed E-state index contributed by atoms with van der Waals surface area (Å²) < 4.78 is 0. The van der Waals surface area contributed by atoms with Crippen molar-refractivity contribution >= 4 is 22.5 Å². The molecule has 1 aromatic carbocycles. The molecule has 0 aliphatic rings. The van der Waals surface area contributed by atoms with Crippen LogP contribution >= 0.6 is 0 Å². The van der Waals surface area contributed by atoms with E-state index in [1.807, 2.05) is 6.07 Å². The first kappa shape index (κ1) is 11.1. The fraction of sp³-hybridized carbons (Fsp3) is 0.154. The summed E-state index contributed by atoms with van der Waals surface area (Å²) in [5.41, 5.74) is 7.75. The number of carbonyl (C=O) groups is 1. The maximum atomic E-state index is 11.9. The van der Waals surface area contributed by atoms with Crippen LogP contribution in [0.15, 0.2) is 24.4 Å². The molecule has 17 heavy (non-hydrogen) atoms. The van der Waals surface area contributed by atoms with Gasteiger partial charge in [-0.05, 0) is 25.1 Å². The molecule has 86 valence electrons. The zero-order chi connectivity index (χ0) is 12.4. The second-order valence-corrected chi connectivity index (χ2v) is 3.87. The molecule has 1 aromatic heterocycles. The van der Waals surface area contributed by atoms with E-state index in [0.717, 1.165) is 10.9 Å². The highest BCUT2D eigenvalue weighted by molar-refractivity contribution is 6.07. The van der Waals surface area contributed by atoms with Gasteiger partial charge in [0, 0.05) is 22.8 Å². The molecule has 1 amide bonds. The Morgan fingerprint density at radius 1 is 1.59 bits per heavy atom. The van der Waals surface area contributed by atoms with E-state index >= 15 is 0 Å². The molecule has 2 aromatic rings. The molecule has 4 N–H and O–H groups in total. The van der Waals surface area contributed by atoms with Gasteiger partial charge < -0.3 is 16.0 Å². The van der Waals surface area contributed by atoms with Crippen LogP contribution in [0.3, 0.4) is 0 Å². The number of fused-ring (bicyclic) bond motifs is 1. The molecule has 0 saturated heterocycles. The molecule has 1 heterocycles. The maximum Gasteiger partial charge on any atom is 0.254 e. The standard InChI is InChI=1S/C13H13N3O/c1-3-8(2)16-13(17)11-7-15-12-5-4-9(14)6-10(11)12/h1,4-8,15H,14H2,2H3,(H,16,17). The van der Waals surface area contributed by atoms with E-state index in [4.69, 9.17) is 12.2 Å². The van der Waals surface area contributed by atoms with E-state index in [-0.39, 0.29) is 11.9 Å². The normalized spacial score (nSPS) is 12.0. The van der Waals surface area contributed by atoms with Crippen molar-refractivity contribution in [2.24, 2.45) is 0 Å². The number of anilines is 1. The third-order valence-electron chi connectivity index (χ3n) is 2.55. The minimum atomic E-state index is -0.298. The highest BCUT2D eigenvalue weighted by atomic mass is 16.1. The largest absolute Gasteiger partial charge is 0.399 e. The van der Waals surface area contributed by atoms with Gasteiger partial charge in [-0.1, -0.05) is 5.92 Å². The first-order valence-electron chi connectivity index (χ1n) is 5.25. The third kappa shape index (κ3) is 2.08. The lowest BCUT2D eigenvalue weighted by molar-refractivity contribution is 0.0950. The Balaban J connectivity index is 2.39. The van der Waals surface area contributed by atoms with Crippen LogP contribution in [-0.2, 0) is 0 Å². The molecular weight excluding hydrogens is 214 g/mol. The Morgan fingerprint density at radius 3 is 3.06 bits per heavy atom. The van der Waals surface area contributed by atoms with Gasteiger partial charge in [0.15, 0.2) is 0 Å². The van der Waals surface area contributed by atoms with Crippen molar-refractivity contribution in [3.63, 3.8) is 0 Å². The smallest absolute Gasteiger partial charge is 0.254 e. The minimum Gasteiger partial charge on any atom is -0.399 e. The van der Waals surface area contributed by atoms with E-state index in [9.17, 15) is 4.79 Å². The van der Waals surface area contributed by atoms with Crippen molar-refractivity contribution in [2.45, 2.75) is 13.0 Å². The quantitative estimate of drug-likeness (QED) is 0.537.